The Morgan fingerprint density at radius 2 is 2.26 bits per heavy atom. The third-order valence-electron chi connectivity index (χ3n) is 4.28. The second-order valence-corrected chi connectivity index (χ2v) is 6.98. The summed E-state index contributed by atoms with van der Waals surface area (Å²) in [7, 11) is 0. The van der Waals surface area contributed by atoms with Gasteiger partial charge in [0.25, 0.3) is 0 Å². The van der Waals surface area contributed by atoms with Crippen LogP contribution in [0.5, 0.6) is 0 Å². The Morgan fingerprint density at radius 3 is 3.00 bits per heavy atom. The van der Waals surface area contributed by atoms with Gasteiger partial charge in [-0.1, -0.05) is 31.1 Å². The highest BCUT2D eigenvalue weighted by Crippen LogP contribution is 2.24. The molecule has 1 atom stereocenters. The van der Waals surface area contributed by atoms with Crippen LogP contribution in [0.2, 0.25) is 0 Å². The standard InChI is InChI=1S/C19H23FN4O3/c1-12(2)8-15-10-16(27-23-15)11-22-19(26)24-7-6-21-18(25)17(24)13-4-3-5-14(20)9-13/h3-5,9-10,12,17H,6-8,11H2,1-2H3,(H,21,25)(H,22,26)/t17-/m0/s1. The van der Waals surface area contributed by atoms with Crippen LogP contribution in [0.1, 0.15) is 36.9 Å². The van der Waals surface area contributed by atoms with Gasteiger partial charge in [-0.05, 0) is 30.0 Å². The number of aromatic nitrogens is 1. The maximum absolute atomic E-state index is 13.6. The summed E-state index contributed by atoms with van der Waals surface area (Å²) in [5, 5.41) is 9.45. The Bertz CT molecular complexity index is 821. The summed E-state index contributed by atoms with van der Waals surface area (Å²) in [6.07, 6.45) is 0.797. The first-order valence-corrected chi connectivity index (χ1v) is 8.96. The molecular formula is C19H23FN4O3. The third kappa shape index (κ3) is 4.64. The summed E-state index contributed by atoms with van der Waals surface area (Å²) in [6.45, 7) is 5.01. The summed E-state index contributed by atoms with van der Waals surface area (Å²) in [4.78, 5) is 26.4. The van der Waals surface area contributed by atoms with Crippen molar-refractivity contribution >= 4 is 11.9 Å². The Kier molecular flexibility index (Phi) is 5.73. The highest BCUT2D eigenvalue weighted by Gasteiger charge is 2.34. The SMILES string of the molecule is CC(C)Cc1cc(CNC(=O)N2CCNC(=O)[C@@H]2c2cccc(F)c2)on1. The topological polar surface area (TPSA) is 87.5 Å². The fraction of sp³-hybridized carbons (Fsp3) is 0.421. The molecule has 0 bridgehead atoms. The van der Waals surface area contributed by atoms with E-state index in [9.17, 15) is 14.0 Å². The number of hydrogen-bond donors (Lipinski definition) is 2. The van der Waals surface area contributed by atoms with Crippen LogP contribution in [0.4, 0.5) is 9.18 Å². The zero-order valence-corrected chi connectivity index (χ0v) is 15.4. The fourth-order valence-electron chi connectivity index (χ4n) is 3.11. The first-order chi connectivity index (χ1) is 12.9. The molecule has 0 radical (unpaired) electrons. The molecule has 0 spiro atoms. The van der Waals surface area contributed by atoms with Gasteiger partial charge in [-0.2, -0.15) is 0 Å². The molecule has 0 saturated carbocycles. The molecule has 7 nitrogen and oxygen atoms in total. The summed E-state index contributed by atoms with van der Waals surface area (Å²) < 4.78 is 18.8. The van der Waals surface area contributed by atoms with Gasteiger partial charge in [0.1, 0.15) is 11.9 Å². The van der Waals surface area contributed by atoms with Crippen LogP contribution in [-0.2, 0) is 17.8 Å². The third-order valence-corrected chi connectivity index (χ3v) is 4.28. The van der Waals surface area contributed by atoms with E-state index in [1.54, 1.807) is 6.07 Å². The van der Waals surface area contributed by atoms with Gasteiger partial charge in [-0.3, -0.25) is 4.79 Å². The summed E-state index contributed by atoms with van der Waals surface area (Å²) in [5.74, 6) is 0.214. The predicted molar refractivity (Wildman–Crippen MR) is 96.1 cm³/mol. The van der Waals surface area contributed by atoms with E-state index in [4.69, 9.17) is 4.52 Å². The number of amides is 3. The van der Waals surface area contributed by atoms with E-state index in [1.165, 1.54) is 23.1 Å². The van der Waals surface area contributed by atoms with E-state index < -0.39 is 17.9 Å². The Labute approximate surface area is 156 Å². The minimum absolute atomic E-state index is 0.165. The first-order valence-electron chi connectivity index (χ1n) is 8.96. The molecule has 3 amide bonds. The van der Waals surface area contributed by atoms with Gasteiger partial charge in [-0.15, -0.1) is 0 Å². The van der Waals surface area contributed by atoms with Crippen molar-refractivity contribution in [2.24, 2.45) is 5.92 Å². The molecule has 1 aliphatic heterocycles. The van der Waals surface area contributed by atoms with Crippen LogP contribution in [-0.4, -0.2) is 35.1 Å². The second kappa shape index (κ2) is 8.20. The van der Waals surface area contributed by atoms with Gasteiger partial charge in [0, 0.05) is 19.2 Å². The van der Waals surface area contributed by atoms with Crippen molar-refractivity contribution in [3.8, 4) is 0 Å². The van der Waals surface area contributed by atoms with Crippen LogP contribution < -0.4 is 10.6 Å². The van der Waals surface area contributed by atoms with Crippen molar-refractivity contribution < 1.29 is 18.5 Å². The predicted octanol–water partition coefficient (Wildman–Crippen LogP) is 2.39. The van der Waals surface area contributed by atoms with Crippen molar-refractivity contribution in [3.63, 3.8) is 0 Å². The Balaban J connectivity index is 1.68. The molecule has 144 valence electrons. The normalized spacial score (nSPS) is 17.1. The largest absolute Gasteiger partial charge is 0.359 e. The van der Waals surface area contributed by atoms with Gasteiger partial charge < -0.3 is 20.1 Å². The molecule has 0 aliphatic carbocycles. The highest BCUT2D eigenvalue weighted by atomic mass is 19.1. The molecule has 1 aromatic heterocycles. The van der Waals surface area contributed by atoms with E-state index in [0.29, 0.717) is 30.3 Å². The van der Waals surface area contributed by atoms with E-state index in [-0.39, 0.29) is 12.5 Å². The Hall–Kier alpha value is -2.90. The molecule has 27 heavy (non-hydrogen) atoms. The van der Waals surface area contributed by atoms with Crippen LogP contribution in [0.15, 0.2) is 34.9 Å². The van der Waals surface area contributed by atoms with Crippen LogP contribution in [0, 0.1) is 11.7 Å². The zero-order valence-electron chi connectivity index (χ0n) is 15.4. The molecule has 2 heterocycles. The molecule has 1 fully saturated rings. The lowest BCUT2D eigenvalue weighted by molar-refractivity contribution is -0.127. The number of urea groups is 1. The highest BCUT2D eigenvalue weighted by molar-refractivity contribution is 5.89. The van der Waals surface area contributed by atoms with Crippen molar-refractivity contribution in [1.82, 2.24) is 20.7 Å². The molecule has 3 rings (SSSR count). The Morgan fingerprint density at radius 1 is 1.44 bits per heavy atom. The number of piperazine rings is 1. The number of nitrogens with zero attached hydrogens (tertiary/aromatic N) is 2. The summed E-state index contributed by atoms with van der Waals surface area (Å²) in [6, 6.07) is 6.24. The lowest BCUT2D eigenvalue weighted by Crippen LogP contribution is -2.54. The summed E-state index contributed by atoms with van der Waals surface area (Å²) in [5.41, 5.74) is 1.27. The molecule has 1 aromatic carbocycles. The minimum atomic E-state index is -0.874. The number of hydrogen-bond acceptors (Lipinski definition) is 4. The summed E-state index contributed by atoms with van der Waals surface area (Å²) >= 11 is 0. The number of carbonyl (C=O) groups is 2. The number of halogens is 1. The van der Waals surface area contributed by atoms with E-state index in [0.717, 1.165) is 12.1 Å². The first kappa shape index (κ1) is 18.9. The van der Waals surface area contributed by atoms with Gasteiger partial charge in [0.05, 0.1) is 12.2 Å². The van der Waals surface area contributed by atoms with Gasteiger partial charge in [0.2, 0.25) is 5.91 Å². The number of rotatable bonds is 5. The van der Waals surface area contributed by atoms with E-state index in [1.807, 2.05) is 6.07 Å². The van der Waals surface area contributed by atoms with Gasteiger partial charge in [-0.25, -0.2) is 9.18 Å². The maximum Gasteiger partial charge on any atom is 0.318 e. The fourth-order valence-corrected chi connectivity index (χ4v) is 3.11. The van der Waals surface area contributed by atoms with Crippen molar-refractivity contribution in [3.05, 3.63) is 53.2 Å². The zero-order chi connectivity index (χ0) is 19.4. The van der Waals surface area contributed by atoms with Crippen LogP contribution in [0.25, 0.3) is 0 Å². The molecule has 8 heteroatoms. The monoisotopic (exact) mass is 374 g/mol. The molecule has 0 unspecified atom stereocenters. The van der Waals surface area contributed by atoms with E-state index in [2.05, 4.69) is 29.6 Å². The van der Waals surface area contributed by atoms with Crippen molar-refractivity contribution in [2.45, 2.75) is 32.9 Å². The average Bonchev–Trinajstić information content (AvgIpc) is 3.06. The van der Waals surface area contributed by atoms with Gasteiger partial charge >= 0.3 is 6.03 Å². The van der Waals surface area contributed by atoms with E-state index >= 15 is 0 Å². The van der Waals surface area contributed by atoms with Crippen molar-refractivity contribution in [2.75, 3.05) is 13.1 Å². The van der Waals surface area contributed by atoms with Crippen LogP contribution in [0.3, 0.4) is 0 Å². The van der Waals surface area contributed by atoms with Gasteiger partial charge in [0.15, 0.2) is 5.76 Å². The minimum Gasteiger partial charge on any atom is -0.359 e. The van der Waals surface area contributed by atoms with Crippen molar-refractivity contribution in [1.29, 1.82) is 0 Å². The quantitative estimate of drug-likeness (QED) is 0.841. The lowest BCUT2D eigenvalue weighted by atomic mass is 10.0. The second-order valence-electron chi connectivity index (χ2n) is 6.98. The maximum atomic E-state index is 13.6. The molecule has 1 saturated heterocycles. The lowest BCUT2D eigenvalue weighted by Gasteiger charge is -2.35. The number of nitrogens with one attached hydrogen (secondary N) is 2. The molecule has 1 aliphatic rings. The number of benzene rings is 1. The molecule has 2 aromatic rings. The average molecular weight is 374 g/mol. The smallest absolute Gasteiger partial charge is 0.318 e. The molecular weight excluding hydrogens is 351 g/mol. The van der Waals surface area contributed by atoms with Crippen LogP contribution >= 0.6 is 0 Å². The number of carbonyl (C=O) groups excluding carboxylic acids is 2. The molecule has 2 N–H and O–H groups in total.